The number of H-pyrrole nitrogens is 1. The van der Waals surface area contributed by atoms with Gasteiger partial charge in [0, 0.05) is 18.9 Å². The van der Waals surface area contributed by atoms with Crippen LogP contribution < -0.4 is 4.72 Å². The van der Waals surface area contributed by atoms with Gasteiger partial charge < -0.3 is 4.57 Å². The summed E-state index contributed by atoms with van der Waals surface area (Å²) in [5, 5.41) is 6.24. The highest BCUT2D eigenvalue weighted by molar-refractivity contribution is 7.92. The van der Waals surface area contributed by atoms with E-state index in [0.29, 0.717) is 11.5 Å². The Morgan fingerprint density at radius 2 is 2.28 bits per heavy atom. The summed E-state index contributed by atoms with van der Waals surface area (Å²) in [5.41, 5.74) is 0.387. The number of imidazole rings is 1. The molecule has 0 aromatic carbocycles. The van der Waals surface area contributed by atoms with E-state index in [9.17, 15) is 8.42 Å². The summed E-state index contributed by atoms with van der Waals surface area (Å²) in [5.74, 6) is 0.685. The maximum absolute atomic E-state index is 12.0. The molecule has 2 aromatic heterocycles. The maximum Gasteiger partial charge on any atom is 0.281 e. The molecule has 0 spiro atoms. The van der Waals surface area contributed by atoms with Gasteiger partial charge in [0.1, 0.15) is 5.82 Å². The van der Waals surface area contributed by atoms with Crippen molar-refractivity contribution in [3.63, 3.8) is 0 Å². The van der Waals surface area contributed by atoms with Crippen molar-refractivity contribution in [2.24, 2.45) is 0 Å². The Hall–Kier alpha value is -1.83. The third kappa shape index (κ3) is 2.53. The molecule has 2 aromatic rings. The van der Waals surface area contributed by atoms with Gasteiger partial charge in [-0.3, -0.25) is 9.82 Å². The first-order valence-electron chi connectivity index (χ1n) is 5.58. The SMILES string of the molecule is CCCn1cc(S(=O)(=O)Nc2cn[nH]c2)nc1C. The van der Waals surface area contributed by atoms with Gasteiger partial charge in [-0.2, -0.15) is 13.5 Å². The third-order valence-corrected chi connectivity index (χ3v) is 3.70. The summed E-state index contributed by atoms with van der Waals surface area (Å²) in [7, 11) is -3.65. The molecule has 8 heteroatoms. The summed E-state index contributed by atoms with van der Waals surface area (Å²) in [4.78, 5) is 4.06. The van der Waals surface area contributed by atoms with Crippen molar-refractivity contribution in [2.75, 3.05) is 4.72 Å². The highest BCUT2D eigenvalue weighted by Gasteiger charge is 2.19. The van der Waals surface area contributed by atoms with Gasteiger partial charge in [-0.1, -0.05) is 6.92 Å². The molecule has 0 bridgehead atoms. The average Bonchev–Trinajstić information content (AvgIpc) is 2.90. The zero-order chi connectivity index (χ0) is 13.2. The fourth-order valence-corrected chi connectivity index (χ4v) is 2.63. The lowest BCUT2D eigenvalue weighted by molar-refractivity contribution is 0.597. The molecule has 0 unspecified atom stereocenters. The van der Waals surface area contributed by atoms with E-state index < -0.39 is 10.0 Å². The van der Waals surface area contributed by atoms with Crippen LogP contribution in [0.2, 0.25) is 0 Å². The van der Waals surface area contributed by atoms with E-state index in [2.05, 4.69) is 19.9 Å². The van der Waals surface area contributed by atoms with Crippen LogP contribution in [0.4, 0.5) is 5.69 Å². The minimum atomic E-state index is -3.65. The molecule has 0 radical (unpaired) electrons. The topological polar surface area (TPSA) is 92.7 Å². The van der Waals surface area contributed by atoms with Crippen LogP contribution in [0.1, 0.15) is 19.2 Å². The van der Waals surface area contributed by atoms with Gasteiger partial charge in [0.05, 0.1) is 11.9 Å². The molecular formula is C10H15N5O2S. The molecule has 98 valence electrons. The number of aromatic amines is 1. The molecular weight excluding hydrogens is 254 g/mol. The molecule has 0 saturated carbocycles. The Bertz CT molecular complexity index is 615. The summed E-state index contributed by atoms with van der Waals surface area (Å²) in [6.07, 6.45) is 5.33. The van der Waals surface area contributed by atoms with Crippen LogP contribution in [-0.4, -0.2) is 28.2 Å². The molecule has 0 aliphatic heterocycles. The van der Waals surface area contributed by atoms with Crippen LogP contribution >= 0.6 is 0 Å². The lowest BCUT2D eigenvalue weighted by Gasteiger charge is -2.01. The summed E-state index contributed by atoms with van der Waals surface area (Å²) in [6, 6.07) is 0. The van der Waals surface area contributed by atoms with Crippen LogP contribution in [0, 0.1) is 6.92 Å². The van der Waals surface area contributed by atoms with Crippen molar-refractivity contribution < 1.29 is 8.42 Å². The van der Waals surface area contributed by atoms with Crippen molar-refractivity contribution in [3.8, 4) is 0 Å². The van der Waals surface area contributed by atoms with Gasteiger partial charge in [0.2, 0.25) is 0 Å². The van der Waals surface area contributed by atoms with Crippen LogP contribution in [0.25, 0.3) is 0 Å². The zero-order valence-corrected chi connectivity index (χ0v) is 11.0. The van der Waals surface area contributed by atoms with Crippen LogP contribution in [0.5, 0.6) is 0 Å². The standard InChI is InChI=1S/C10H15N5O2S/c1-3-4-15-7-10(13-8(15)2)18(16,17)14-9-5-11-12-6-9/h5-7,14H,3-4H2,1-2H3,(H,11,12). The van der Waals surface area contributed by atoms with Crippen molar-refractivity contribution in [1.82, 2.24) is 19.7 Å². The fourth-order valence-electron chi connectivity index (χ4n) is 1.59. The second-order valence-electron chi connectivity index (χ2n) is 3.91. The van der Waals surface area contributed by atoms with Gasteiger partial charge in [-0.25, -0.2) is 4.98 Å². The molecule has 0 atom stereocenters. The number of aryl methyl sites for hydroxylation is 2. The van der Waals surface area contributed by atoms with E-state index in [-0.39, 0.29) is 5.03 Å². The number of hydrogen-bond acceptors (Lipinski definition) is 4. The quantitative estimate of drug-likeness (QED) is 0.850. The first-order chi connectivity index (χ1) is 8.53. The van der Waals surface area contributed by atoms with E-state index in [1.807, 2.05) is 11.5 Å². The highest BCUT2D eigenvalue weighted by atomic mass is 32.2. The van der Waals surface area contributed by atoms with Crippen LogP contribution in [-0.2, 0) is 16.6 Å². The molecule has 0 saturated heterocycles. The van der Waals surface area contributed by atoms with E-state index in [1.165, 1.54) is 12.4 Å². The molecule has 0 fully saturated rings. The largest absolute Gasteiger partial charge is 0.334 e. The number of nitrogens with one attached hydrogen (secondary N) is 2. The summed E-state index contributed by atoms with van der Waals surface area (Å²) >= 11 is 0. The van der Waals surface area contributed by atoms with Gasteiger partial charge in [0.25, 0.3) is 10.0 Å². The predicted octanol–water partition coefficient (Wildman–Crippen LogP) is 1.13. The lowest BCUT2D eigenvalue weighted by atomic mass is 10.5. The van der Waals surface area contributed by atoms with E-state index in [4.69, 9.17) is 0 Å². The Balaban J connectivity index is 2.27. The van der Waals surface area contributed by atoms with E-state index in [1.54, 1.807) is 13.1 Å². The molecule has 18 heavy (non-hydrogen) atoms. The van der Waals surface area contributed by atoms with Crippen molar-refractivity contribution in [2.45, 2.75) is 31.8 Å². The van der Waals surface area contributed by atoms with Crippen molar-refractivity contribution in [3.05, 3.63) is 24.4 Å². The number of hydrogen-bond donors (Lipinski definition) is 2. The summed E-state index contributed by atoms with van der Waals surface area (Å²) < 4.78 is 28.3. The van der Waals surface area contributed by atoms with Crippen LogP contribution in [0.3, 0.4) is 0 Å². The normalized spacial score (nSPS) is 11.7. The van der Waals surface area contributed by atoms with Gasteiger partial charge in [-0.15, -0.1) is 0 Å². The number of sulfonamides is 1. The van der Waals surface area contributed by atoms with Gasteiger partial charge >= 0.3 is 0 Å². The number of aromatic nitrogens is 4. The molecule has 0 aliphatic rings. The van der Waals surface area contributed by atoms with Gasteiger partial charge in [-0.05, 0) is 13.3 Å². The monoisotopic (exact) mass is 269 g/mol. The number of anilines is 1. The molecule has 0 amide bonds. The lowest BCUT2D eigenvalue weighted by Crippen LogP contribution is -2.13. The second kappa shape index (κ2) is 4.81. The van der Waals surface area contributed by atoms with Gasteiger partial charge in [0.15, 0.2) is 5.03 Å². The first-order valence-corrected chi connectivity index (χ1v) is 7.06. The second-order valence-corrected chi connectivity index (χ2v) is 5.54. The molecule has 2 rings (SSSR count). The Morgan fingerprint density at radius 3 is 2.89 bits per heavy atom. The number of nitrogens with zero attached hydrogens (tertiary/aromatic N) is 3. The minimum Gasteiger partial charge on any atom is -0.334 e. The Morgan fingerprint density at radius 1 is 1.50 bits per heavy atom. The minimum absolute atomic E-state index is 0.0228. The fraction of sp³-hybridized carbons (Fsp3) is 0.400. The molecule has 7 nitrogen and oxygen atoms in total. The average molecular weight is 269 g/mol. The first kappa shape index (κ1) is 12.6. The van der Waals surface area contributed by atoms with Crippen LogP contribution in [0.15, 0.2) is 23.6 Å². The molecule has 0 aliphatic carbocycles. The van der Waals surface area contributed by atoms with E-state index >= 15 is 0 Å². The van der Waals surface area contributed by atoms with Crippen molar-refractivity contribution >= 4 is 15.7 Å². The predicted molar refractivity (Wildman–Crippen MR) is 66.7 cm³/mol. The van der Waals surface area contributed by atoms with Crippen molar-refractivity contribution in [1.29, 1.82) is 0 Å². The number of rotatable bonds is 5. The maximum atomic E-state index is 12.0. The summed E-state index contributed by atoms with van der Waals surface area (Å²) in [6.45, 7) is 4.56. The Kier molecular flexibility index (Phi) is 3.37. The Labute approximate surface area is 105 Å². The van der Waals surface area contributed by atoms with E-state index in [0.717, 1.165) is 13.0 Å². The molecule has 2 heterocycles. The highest BCUT2D eigenvalue weighted by Crippen LogP contribution is 2.14. The third-order valence-electron chi connectivity index (χ3n) is 2.44. The smallest absolute Gasteiger partial charge is 0.281 e. The molecule has 2 N–H and O–H groups in total. The zero-order valence-electron chi connectivity index (χ0n) is 10.2.